The quantitative estimate of drug-likeness (QED) is 0.753. The Hall–Kier alpha value is -1.48. The fraction of sp³-hybridized carbons (Fsp3) is 0.652. The van der Waals surface area contributed by atoms with E-state index in [1.807, 2.05) is 0 Å². The first-order chi connectivity index (χ1) is 12.5. The van der Waals surface area contributed by atoms with Gasteiger partial charge in [0.15, 0.2) is 0 Å². The van der Waals surface area contributed by atoms with Crippen LogP contribution in [0.3, 0.4) is 0 Å². The molecule has 0 aliphatic carbocycles. The second kappa shape index (κ2) is 8.04. The standard InChI is InChI=1S/C23H36N2O/c1-7-18-10-14(2)16(4)17(5)23-20(8-9-24-13-18)21-12-19(26-6)11-15(3)22(21)25-23/h11-12,14,16-18,24-25H,7-10,13H2,1-6H3/t14?,16?,17?,18-/m0/s1. The van der Waals surface area contributed by atoms with Gasteiger partial charge in [-0.1, -0.05) is 34.1 Å². The Labute approximate surface area is 158 Å². The summed E-state index contributed by atoms with van der Waals surface area (Å²) in [5.41, 5.74) is 5.47. The van der Waals surface area contributed by atoms with Crippen molar-refractivity contribution in [2.75, 3.05) is 20.2 Å². The van der Waals surface area contributed by atoms with Gasteiger partial charge in [-0.3, -0.25) is 0 Å². The Morgan fingerprint density at radius 2 is 1.96 bits per heavy atom. The van der Waals surface area contributed by atoms with Gasteiger partial charge in [0.25, 0.3) is 0 Å². The van der Waals surface area contributed by atoms with E-state index in [1.165, 1.54) is 40.6 Å². The number of aromatic nitrogens is 1. The zero-order valence-corrected chi connectivity index (χ0v) is 17.4. The number of aryl methyl sites for hydroxylation is 1. The molecule has 4 atom stereocenters. The lowest BCUT2D eigenvalue weighted by molar-refractivity contribution is 0.266. The predicted octanol–water partition coefficient (Wildman–Crippen LogP) is 5.42. The van der Waals surface area contributed by atoms with Crippen molar-refractivity contribution in [1.82, 2.24) is 10.3 Å². The van der Waals surface area contributed by atoms with Crippen LogP contribution in [0, 0.1) is 24.7 Å². The predicted molar refractivity (Wildman–Crippen MR) is 111 cm³/mol. The van der Waals surface area contributed by atoms with Crippen LogP contribution < -0.4 is 10.1 Å². The molecular formula is C23H36N2O. The molecule has 0 fully saturated rings. The lowest BCUT2D eigenvalue weighted by Gasteiger charge is -2.28. The summed E-state index contributed by atoms with van der Waals surface area (Å²) in [6.07, 6.45) is 3.66. The number of benzene rings is 1. The van der Waals surface area contributed by atoms with Crippen LogP contribution in [0.5, 0.6) is 5.75 Å². The molecule has 0 spiro atoms. The Morgan fingerprint density at radius 3 is 2.65 bits per heavy atom. The van der Waals surface area contributed by atoms with Crippen molar-refractivity contribution < 1.29 is 4.74 Å². The summed E-state index contributed by atoms with van der Waals surface area (Å²) >= 11 is 0. The van der Waals surface area contributed by atoms with Crippen LogP contribution in [0.25, 0.3) is 10.9 Å². The van der Waals surface area contributed by atoms with Crippen molar-refractivity contribution in [3.63, 3.8) is 0 Å². The first kappa shape index (κ1) is 19.3. The van der Waals surface area contributed by atoms with E-state index in [2.05, 4.69) is 57.1 Å². The molecule has 1 aromatic heterocycles. The summed E-state index contributed by atoms with van der Waals surface area (Å²) in [7, 11) is 1.76. The summed E-state index contributed by atoms with van der Waals surface area (Å²) in [5.74, 6) is 3.67. The van der Waals surface area contributed by atoms with Gasteiger partial charge in [0.2, 0.25) is 0 Å². The van der Waals surface area contributed by atoms with Gasteiger partial charge in [0.05, 0.1) is 7.11 Å². The number of H-pyrrole nitrogens is 1. The Morgan fingerprint density at radius 1 is 1.19 bits per heavy atom. The first-order valence-electron chi connectivity index (χ1n) is 10.4. The van der Waals surface area contributed by atoms with Crippen LogP contribution in [0.2, 0.25) is 0 Å². The van der Waals surface area contributed by atoms with Crippen molar-refractivity contribution >= 4 is 10.9 Å². The minimum absolute atomic E-state index is 0.536. The van der Waals surface area contributed by atoms with E-state index in [1.54, 1.807) is 7.11 Å². The highest BCUT2D eigenvalue weighted by Gasteiger charge is 2.27. The van der Waals surface area contributed by atoms with Crippen molar-refractivity contribution in [1.29, 1.82) is 0 Å². The van der Waals surface area contributed by atoms with Gasteiger partial charge in [-0.25, -0.2) is 0 Å². The summed E-state index contributed by atoms with van der Waals surface area (Å²) < 4.78 is 5.55. The van der Waals surface area contributed by atoms with E-state index in [9.17, 15) is 0 Å². The number of ether oxygens (including phenoxy) is 1. The number of hydrogen-bond acceptors (Lipinski definition) is 2. The molecule has 2 aromatic rings. The van der Waals surface area contributed by atoms with Gasteiger partial charge >= 0.3 is 0 Å². The van der Waals surface area contributed by atoms with Crippen LogP contribution >= 0.6 is 0 Å². The molecule has 26 heavy (non-hydrogen) atoms. The zero-order valence-electron chi connectivity index (χ0n) is 17.4. The maximum atomic E-state index is 5.55. The average Bonchev–Trinajstić information content (AvgIpc) is 3.00. The molecule has 2 N–H and O–H groups in total. The highest BCUT2D eigenvalue weighted by atomic mass is 16.5. The Bertz CT molecular complexity index is 748. The van der Waals surface area contributed by atoms with Gasteiger partial charge in [-0.15, -0.1) is 0 Å². The van der Waals surface area contributed by atoms with E-state index < -0.39 is 0 Å². The van der Waals surface area contributed by atoms with Gasteiger partial charge in [0.1, 0.15) is 5.75 Å². The number of methoxy groups -OCH3 is 1. The summed E-state index contributed by atoms with van der Waals surface area (Å²) in [4.78, 5) is 3.81. The maximum absolute atomic E-state index is 5.55. The van der Waals surface area contributed by atoms with Crippen molar-refractivity contribution in [3.05, 3.63) is 29.0 Å². The number of nitrogens with one attached hydrogen (secondary N) is 2. The van der Waals surface area contributed by atoms with Crippen LogP contribution in [-0.2, 0) is 6.42 Å². The monoisotopic (exact) mass is 356 g/mol. The molecule has 0 amide bonds. The molecular weight excluding hydrogens is 320 g/mol. The molecule has 2 heterocycles. The number of aromatic amines is 1. The van der Waals surface area contributed by atoms with E-state index in [-0.39, 0.29) is 0 Å². The van der Waals surface area contributed by atoms with Crippen molar-refractivity contribution in [2.45, 2.75) is 59.8 Å². The minimum atomic E-state index is 0.536. The topological polar surface area (TPSA) is 37.0 Å². The SMILES string of the molecule is CC[C@@H]1CNCCc2c([nH]c3c(C)cc(OC)cc23)C(C)C(C)C(C)C1. The van der Waals surface area contributed by atoms with Gasteiger partial charge in [-0.05, 0) is 79.8 Å². The minimum Gasteiger partial charge on any atom is -0.497 e. The third kappa shape index (κ3) is 3.64. The molecule has 3 rings (SSSR count). The molecule has 0 bridgehead atoms. The van der Waals surface area contributed by atoms with Crippen molar-refractivity contribution in [3.8, 4) is 5.75 Å². The lowest BCUT2D eigenvalue weighted by atomic mass is 9.77. The molecule has 0 saturated heterocycles. The molecule has 1 aromatic carbocycles. The fourth-order valence-corrected chi connectivity index (χ4v) is 4.70. The smallest absolute Gasteiger partial charge is 0.119 e. The Balaban J connectivity index is 2.07. The maximum Gasteiger partial charge on any atom is 0.119 e. The molecule has 144 valence electrons. The second-order valence-electron chi connectivity index (χ2n) is 8.47. The highest BCUT2D eigenvalue weighted by molar-refractivity contribution is 5.89. The van der Waals surface area contributed by atoms with Crippen molar-refractivity contribution in [2.24, 2.45) is 17.8 Å². The van der Waals surface area contributed by atoms with Gasteiger partial charge in [-0.2, -0.15) is 0 Å². The van der Waals surface area contributed by atoms with Crippen LogP contribution in [0.15, 0.2) is 12.1 Å². The summed E-state index contributed by atoms with van der Waals surface area (Å²) in [6.45, 7) is 14.0. The number of rotatable bonds is 2. The largest absolute Gasteiger partial charge is 0.497 e. The fourth-order valence-electron chi connectivity index (χ4n) is 4.70. The highest BCUT2D eigenvalue weighted by Crippen LogP contribution is 2.39. The molecule has 3 heteroatoms. The number of fused-ring (bicyclic) bond motifs is 3. The summed E-state index contributed by atoms with van der Waals surface area (Å²) in [6, 6.07) is 4.35. The van der Waals surface area contributed by atoms with Crippen LogP contribution in [0.4, 0.5) is 0 Å². The third-order valence-electron chi connectivity index (χ3n) is 6.86. The molecule has 3 nitrogen and oxygen atoms in total. The lowest BCUT2D eigenvalue weighted by Crippen LogP contribution is -2.26. The van der Waals surface area contributed by atoms with Crippen LogP contribution in [-0.4, -0.2) is 25.2 Å². The van der Waals surface area contributed by atoms with E-state index in [0.717, 1.165) is 37.1 Å². The molecule has 0 saturated carbocycles. The number of hydrogen-bond donors (Lipinski definition) is 2. The first-order valence-corrected chi connectivity index (χ1v) is 10.4. The zero-order chi connectivity index (χ0) is 18.8. The average molecular weight is 357 g/mol. The second-order valence-corrected chi connectivity index (χ2v) is 8.47. The third-order valence-corrected chi connectivity index (χ3v) is 6.86. The summed E-state index contributed by atoms with van der Waals surface area (Å²) in [5, 5.41) is 5.07. The molecule has 1 aliphatic heterocycles. The van der Waals surface area contributed by atoms with E-state index in [4.69, 9.17) is 4.74 Å². The molecule has 0 radical (unpaired) electrons. The van der Waals surface area contributed by atoms with E-state index >= 15 is 0 Å². The molecule has 3 unspecified atom stereocenters. The normalized spacial score (nSPS) is 27.8. The van der Waals surface area contributed by atoms with Gasteiger partial charge < -0.3 is 15.0 Å². The van der Waals surface area contributed by atoms with E-state index in [0.29, 0.717) is 11.8 Å². The van der Waals surface area contributed by atoms with Gasteiger partial charge in [0, 0.05) is 16.6 Å². The van der Waals surface area contributed by atoms with Crippen LogP contribution in [0.1, 0.15) is 63.3 Å². The molecule has 1 aliphatic rings. The Kier molecular flexibility index (Phi) is 5.96.